The quantitative estimate of drug-likeness (QED) is 0.334. The monoisotopic (exact) mass is 316 g/mol. The molecule has 0 fully saturated rings. The van der Waals surface area contributed by atoms with Crippen LogP contribution in [-0.4, -0.2) is 11.1 Å². The summed E-state index contributed by atoms with van der Waals surface area (Å²) in [6.45, 7) is 2.25. The van der Waals surface area contributed by atoms with Gasteiger partial charge in [0.05, 0.1) is 5.57 Å². The summed E-state index contributed by atoms with van der Waals surface area (Å²) in [5.74, 6) is -0.830. The average molecular weight is 316 g/mol. The van der Waals surface area contributed by atoms with E-state index in [0.717, 1.165) is 18.4 Å². The molecule has 0 heterocycles. The third kappa shape index (κ3) is 9.22. The molecule has 1 rings (SSSR count). The molecule has 1 aromatic rings. The Bertz CT molecular complexity index is 448. The van der Waals surface area contributed by atoms with E-state index in [-0.39, 0.29) is 0 Å². The number of rotatable bonds is 13. The molecule has 0 aliphatic rings. The Morgan fingerprint density at radius 1 is 0.870 bits per heavy atom. The predicted molar refractivity (Wildman–Crippen MR) is 98.5 cm³/mol. The standard InChI is InChI=1S/C21H32O2/c1-2-3-4-5-6-7-8-9-10-11-15-18-20(21(22)23)19-16-13-12-14-17-19/h12-14,16-18H,2-11,15H2,1H3,(H,22,23)/b20-18-. The van der Waals surface area contributed by atoms with E-state index in [1.54, 1.807) is 0 Å². The first-order valence-electron chi connectivity index (χ1n) is 9.24. The van der Waals surface area contributed by atoms with Gasteiger partial charge in [0, 0.05) is 0 Å². The van der Waals surface area contributed by atoms with Gasteiger partial charge >= 0.3 is 5.97 Å². The molecule has 2 heteroatoms. The minimum Gasteiger partial charge on any atom is -0.478 e. The Labute approximate surface area is 141 Å². The van der Waals surface area contributed by atoms with Crippen LogP contribution in [0.25, 0.3) is 5.57 Å². The SMILES string of the molecule is CCCCCCCCCCCC/C=C(\C(=O)O)c1ccccc1. The van der Waals surface area contributed by atoms with Crippen molar-refractivity contribution in [2.45, 2.75) is 77.6 Å². The van der Waals surface area contributed by atoms with E-state index in [1.165, 1.54) is 57.8 Å². The van der Waals surface area contributed by atoms with Gasteiger partial charge in [-0.15, -0.1) is 0 Å². The van der Waals surface area contributed by atoms with Crippen LogP contribution in [0.3, 0.4) is 0 Å². The fourth-order valence-electron chi connectivity index (χ4n) is 2.82. The number of allylic oxidation sites excluding steroid dienone is 1. The van der Waals surface area contributed by atoms with Gasteiger partial charge in [0.15, 0.2) is 0 Å². The molecule has 0 saturated heterocycles. The molecular weight excluding hydrogens is 284 g/mol. The lowest BCUT2D eigenvalue weighted by Crippen LogP contribution is -1.99. The molecule has 0 aliphatic heterocycles. The molecule has 0 saturated carbocycles. The summed E-state index contributed by atoms with van der Waals surface area (Å²) in [6, 6.07) is 9.39. The van der Waals surface area contributed by atoms with Crippen LogP contribution in [-0.2, 0) is 4.79 Å². The molecular formula is C21H32O2. The number of aliphatic carboxylic acids is 1. The Hall–Kier alpha value is -1.57. The van der Waals surface area contributed by atoms with Gasteiger partial charge in [-0.05, 0) is 18.4 Å². The van der Waals surface area contributed by atoms with E-state index in [1.807, 2.05) is 36.4 Å². The van der Waals surface area contributed by atoms with Gasteiger partial charge in [0.1, 0.15) is 0 Å². The van der Waals surface area contributed by atoms with Gasteiger partial charge in [-0.25, -0.2) is 4.79 Å². The second-order valence-electron chi connectivity index (χ2n) is 6.26. The molecule has 1 N–H and O–H groups in total. The second-order valence-corrected chi connectivity index (χ2v) is 6.26. The molecule has 0 bridgehead atoms. The molecule has 1 aromatic carbocycles. The number of hydrogen-bond donors (Lipinski definition) is 1. The number of carboxylic acid groups (broad SMARTS) is 1. The van der Waals surface area contributed by atoms with Crippen molar-refractivity contribution in [3.8, 4) is 0 Å². The van der Waals surface area contributed by atoms with Crippen molar-refractivity contribution < 1.29 is 9.90 Å². The van der Waals surface area contributed by atoms with E-state index < -0.39 is 5.97 Å². The first kappa shape index (κ1) is 19.5. The first-order valence-corrected chi connectivity index (χ1v) is 9.24. The summed E-state index contributed by atoms with van der Waals surface area (Å²) in [5, 5.41) is 9.32. The zero-order valence-corrected chi connectivity index (χ0v) is 14.6. The maximum Gasteiger partial charge on any atom is 0.335 e. The molecule has 0 unspecified atom stereocenters. The number of carbonyl (C=O) groups is 1. The fourth-order valence-corrected chi connectivity index (χ4v) is 2.82. The lowest BCUT2D eigenvalue weighted by Gasteiger charge is -2.03. The van der Waals surface area contributed by atoms with Crippen molar-refractivity contribution in [2.75, 3.05) is 0 Å². The number of benzene rings is 1. The van der Waals surface area contributed by atoms with Crippen molar-refractivity contribution >= 4 is 11.5 Å². The Morgan fingerprint density at radius 2 is 1.39 bits per heavy atom. The second kappa shape index (κ2) is 12.9. The molecule has 2 nitrogen and oxygen atoms in total. The third-order valence-corrected chi connectivity index (χ3v) is 4.22. The molecule has 0 aliphatic carbocycles. The highest BCUT2D eigenvalue weighted by atomic mass is 16.4. The van der Waals surface area contributed by atoms with Gasteiger partial charge in [0.25, 0.3) is 0 Å². The van der Waals surface area contributed by atoms with Crippen molar-refractivity contribution in [1.29, 1.82) is 0 Å². The summed E-state index contributed by atoms with van der Waals surface area (Å²) in [5.41, 5.74) is 1.23. The molecule has 23 heavy (non-hydrogen) atoms. The zero-order valence-electron chi connectivity index (χ0n) is 14.6. The molecule has 0 radical (unpaired) electrons. The van der Waals surface area contributed by atoms with Crippen LogP contribution in [0, 0.1) is 0 Å². The van der Waals surface area contributed by atoms with Gasteiger partial charge < -0.3 is 5.11 Å². The van der Waals surface area contributed by atoms with Crippen LogP contribution in [0.1, 0.15) is 83.1 Å². The lowest BCUT2D eigenvalue weighted by molar-refractivity contribution is -0.130. The highest BCUT2D eigenvalue weighted by molar-refractivity contribution is 6.15. The minimum atomic E-state index is -0.830. The summed E-state index contributed by atoms with van der Waals surface area (Å²) < 4.78 is 0. The molecule has 0 amide bonds. The third-order valence-electron chi connectivity index (χ3n) is 4.22. The lowest BCUT2D eigenvalue weighted by atomic mass is 10.0. The van der Waals surface area contributed by atoms with Crippen LogP contribution < -0.4 is 0 Å². The van der Waals surface area contributed by atoms with Crippen molar-refractivity contribution in [2.24, 2.45) is 0 Å². The normalized spacial score (nSPS) is 11.6. The molecule has 0 aromatic heterocycles. The summed E-state index contributed by atoms with van der Waals surface area (Å²) >= 11 is 0. The van der Waals surface area contributed by atoms with Crippen LogP contribution in [0.15, 0.2) is 36.4 Å². The van der Waals surface area contributed by atoms with Crippen molar-refractivity contribution in [3.63, 3.8) is 0 Å². The summed E-state index contributed by atoms with van der Waals surface area (Å²) in [6.07, 6.45) is 15.8. The van der Waals surface area contributed by atoms with E-state index >= 15 is 0 Å². The van der Waals surface area contributed by atoms with E-state index in [4.69, 9.17) is 0 Å². The maximum absolute atomic E-state index is 11.3. The Morgan fingerprint density at radius 3 is 1.91 bits per heavy atom. The maximum atomic E-state index is 11.3. The van der Waals surface area contributed by atoms with Gasteiger partial charge in [-0.3, -0.25) is 0 Å². The van der Waals surface area contributed by atoms with Crippen LogP contribution in [0.2, 0.25) is 0 Å². The Balaban J connectivity index is 2.13. The smallest absolute Gasteiger partial charge is 0.335 e. The van der Waals surface area contributed by atoms with Crippen LogP contribution >= 0.6 is 0 Å². The van der Waals surface area contributed by atoms with Gasteiger partial charge in [-0.2, -0.15) is 0 Å². The van der Waals surface area contributed by atoms with E-state index in [9.17, 15) is 9.90 Å². The molecule has 128 valence electrons. The Kier molecular flexibility index (Phi) is 10.9. The average Bonchev–Trinajstić information content (AvgIpc) is 2.56. The predicted octanol–water partition coefficient (Wildman–Crippen LogP) is 6.47. The summed E-state index contributed by atoms with van der Waals surface area (Å²) in [4.78, 5) is 11.3. The highest BCUT2D eigenvalue weighted by Crippen LogP contribution is 2.17. The van der Waals surface area contributed by atoms with Gasteiger partial charge in [-0.1, -0.05) is 101 Å². The molecule has 0 atom stereocenters. The fraction of sp³-hybridized carbons (Fsp3) is 0.571. The number of carboxylic acids is 1. The van der Waals surface area contributed by atoms with Crippen LogP contribution in [0.5, 0.6) is 0 Å². The molecule has 0 spiro atoms. The zero-order chi connectivity index (χ0) is 16.8. The van der Waals surface area contributed by atoms with Crippen molar-refractivity contribution in [3.05, 3.63) is 42.0 Å². The van der Waals surface area contributed by atoms with Crippen molar-refractivity contribution in [1.82, 2.24) is 0 Å². The van der Waals surface area contributed by atoms with Gasteiger partial charge in [0.2, 0.25) is 0 Å². The number of hydrogen-bond acceptors (Lipinski definition) is 1. The number of unbranched alkanes of at least 4 members (excludes halogenated alkanes) is 10. The topological polar surface area (TPSA) is 37.3 Å². The minimum absolute atomic E-state index is 0.432. The van der Waals surface area contributed by atoms with Crippen LogP contribution in [0.4, 0.5) is 0 Å². The largest absolute Gasteiger partial charge is 0.478 e. The summed E-state index contributed by atoms with van der Waals surface area (Å²) in [7, 11) is 0. The highest BCUT2D eigenvalue weighted by Gasteiger charge is 2.08. The van der Waals surface area contributed by atoms with E-state index in [2.05, 4.69) is 6.92 Å². The first-order chi connectivity index (χ1) is 11.3. The van der Waals surface area contributed by atoms with E-state index in [0.29, 0.717) is 5.57 Å².